The Bertz CT molecular complexity index is 1460. The molecule has 2 aromatic carbocycles. The summed E-state index contributed by atoms with van der Waals surface area (Å²) in [7, 11) is 1.98. The molecule has 0 aliphatic carbocycles. The third kappa shape index (κ3) is 5.03. The second-order valence-corrected chi connectivity index (χ2v) is 8.79. The lowest BCUT2D eigenvalue weighted by atomic mass is 9.96. The number of nitrogens with zero attached hydrogens (tertiary/aromatic N) is 3. The lowest BCUT2D eigenvalue weighted by Gasteiger charge is -2.13. The van der Waals surface area contributed by atoms with Gasteiger partial charge in [-0.1, -0.05) is 36.4 Å². The second kappa shape index (κ2) is 10.5. The van der Waals surface area contributed by atoms with Gasteiger partial charge in [0.05, 0.1) is 17.3 Å². The second-order valence-electron chi connectivity index (χ2n) is 8.79. The van der Waals surface area contributed by atoms with Crippen LogP contribution in [0.1, 0.15) is 28.4 Å². The molecule has 5 nitrogen and oxygen atoms in total. The number of hydrogen-bond donors (Lipinski definition) is 0. The van der Waals surface area contributed by atoms with Gasteiger partial charge >= 0.3 is 0 Å². The summed E-state index contributed by atoms with van der Waals surface area (Å²) in [5.41, 5.74) is 6.22. The van der Waals surface area contributed by atoms with E-state index in [0.29, 0.717) is 18.6 Å². The van der Waals surface area contributed by atoms with E-state index < -0.39 is 6.67 Å². The first-order chi connectivity index (χ1) is 17.6. The van der Waals surface area contributed by atoms with Gasteiger partial charge in [-0.2, -0.15) is 0 Å². The van der Waals surface area contributed by atoms with Crippen LogP contribution >= 0.6 is 0 Å². The van der Waals surface area contributed by atoms with E-state index in [-0.39, 0.29) is 5.92 Å². The van der Waals surface area contributed by atoms with Crippen molar-refractivity contribution >= 4 is 17.2 Å². The van der Waals surface area contributed by atoms with Gasteiger partial charge in [-0.05, 0) is 54.4 Å². The maximum absolute atomic E-state index is 12.7. The number of aldehydes is 1. The first-order valence-corrected chi connectivity index (χ1v) is 11.8. The molecule has 0 spiro atoms. The zero-order valence-corrected chi connectivity index (χ0v) is 20.0. The lowest BCUT2D eigenvalue weighted by Crippen LogP contribution is -2.09. The Labute approximate surface area is 209 Å². The molecule has 1 unspecified atom stereocenters. The van der Waals surface area contributed by atoms with Gasteiger partial charge in [0.15, 0.2) is 0 Å². The molecule has 0 amide bonds. The zero-order valence-electron chi connectivity index (χ0n) is 20.0. The highest BCUT2D eigenvalue weighted by Crippen LogP contribution is 2.29. The minimum absolute atomic E-state index is 0.284. The van der Waals surface area contributed by atoms with Crippen molar-refractivity contribution in [3.63, 3.8) is 0 Å². The van der Waals surface area contributed by atoms with Crippen molar-refractivity contribution in [2.45, 2.75) is 25.6 Å². The Morgan fingerprint density at radius 1 is 0.972 bits per heavy atom. The van der Waals surface area contributed by atoms with Crippen LogP contribution in [-0.4, -0.2) is 20.8 Å². The summed E-state index contributed by atoms with van der Waals surface area (Å²) < 4.78 is 20.7. The van der Waals surface area contributed by atoms with E-state index in [0.717, 1.165) is 51.1 Å². The molecule has 6 heteroatoms. The smallest absolute Gasteiger partial charge is 0.130 e. The molecule has 3 heterocycles. The molecular weight excluding hydrogens is 453 g/mol. The number of carbonyl (C=O) groups is 1. The number of benzene rings is 2. The first-order valence-electron chi connectivity index (χ1n) is 11.8. The Morgan fingerprint density at radius 2 is 1.81 bits per heavy atom. The van der Waals surface area contributed by atoms with Gasteiger partial charge in [0.2, 0.25) is 0 Å². The quantitative estimate of drug-likeness (QED) is 0.236. The minimum Gasteiger partial charge on any atom is -0.487 e. The number of carbonyl (C=O) groups excluding carboxylic acids is 1. The topological polar surface area (TPSA) is 57.0 Å². The molecule has 0 saturated carbocycles. The van der Waals surface area contributed by atoms with Crippen LogP contribution < -0.4 is 4.74 Å². The van der Waals surface area contributed by atoms with Gasteiger partial charge in [-0.25, -0.2) is 4.39 Å². The standard InChI is InChI=1S/C30H26FN3O2/c1-34-29-12-10-27(36-20-26-4-2-3-13-32-26)15-24(29)16-30(34)25(19-35)14-21-5-8-23(9-6-21)28-11-7-22(17-31)18-33-28/h2-13,15-16,18-19,25H,14,17,20H2,1H3. The summed E-state index contributed by atoms with van der Waals surface area (Å²) in [5, 5.41) is 1.02. The van der Waals surface area contributed by atoms with Crippen LogP contribution in [0.5, 0.6) is 5.75 Å². The molecule has 0 N–H and O–H groups in total. The molecule has 0 saturated heterocycles. The molecule has 0 bridgehead atoms. The van der Waals surface area contributed by atoms with Crippen LogP contribution in [0.2, 0.25) is 0 Å². The van der Waals surface area contributed by atoms with Gasteiger partial charge < -0.3 is 14.1 Å². The van der Waals surface area contributed by atoms with E-state index >= 15 is 0 Å². The Hall–Kier alpha value is -4.32. The van der Waals surface area contributed by atoms with Crippen molar-refractivity contribution in [3.05, 3.63) is 114 Å². The lowest BCUT2D eigenvalue weighted by molar-refractivity contribution is -0.109. The van der Waals surface area contributed by atoms with Crippen molar-refractivity contribution in [2.75, 3.05) is 0 Å². The number of fused-ring (bicyclic) bond motifs is 1. The van der Waals surface area contributed by atoms with Crippen LogP contribution in [0.4, 0.5) is 4.39 Å². The van der Waals surface area contributed by atoms with E-state index in [1.165, 1.54) is 0 Å². The normalized spacial score (nSPS) is 11.9. The fourth-order valence-corrected chi connectivity index (χ4v) is 4.40. The summed E-state index contributed by atoms with van der Waals surface area (Å²) >= 11 is 0. The maximum Gasteiger partial charge on any atom is 0.130 e. The molecular formula is C30H26FN3O2. The number of alkyl halides is 1. The molecule has 180 valence electrons. The minimum atomic E-state index is -0.521. The average molecular weight is 480 g/mol. The van der Waals surface area contributed by atoms with Gasteiger partial charge in [0, 0.05) is 47.2 Å². The van der Waals surface area contributed by atoms with E-state index in [2.05, 4.69) is 20.6 Å². The predicted molar refractivity (Wildman–Crippen MR) is 138 cm³/mol. The van der Waals surface area contributed by atoms with Crippen LogP contribution in [-0.2, 0) is 31.5 Å². The number of halogens is 1. The number of ether oxygens (including phenoxy) is 1. The summed E-state index contributed by atoms with van der Waals surface area (Å²) in [6.45, 7) is -0.124. The van der Waals surface area contributed by atoms with Gasteiger partial charge in [-0.15, -0.1) is 0 Å². The molecule has 0 aliphatic heterocycles. The van der Waals surface area contributed by atoms with Crippen molar-refractivity contribution < 1.29 is 13.9 Å². The summed E-state index contributed by atoms with van der Waals surface area (Å²) in [5.74, 6) is 0.477. The van der Waals surface area contributed by atoms with Crippen molar-refractivity contribution in [3.8, 4) is 17.0 Å². The number of aromatic nitrogens is 3. The number of hydrogen-bond acceptors (Lipinski definition) is 4. The third-order valence-corrected chi connectivity index (χ3v) is 6.39. The summed E-state index contributed by atoms with van der Waals surface area (Å²) in [4.78, 5) is 20.8. The Morgan fingerprint density at radius 3 is 2.50 bits per heavy atom. The molecule has 3 aromatic heterocycles. The van der Waals surface area contributed by atoms with Gasteiger partial charge in [-0.3, -0.25) is 9.97 Å². The molecule has 1 atom stereocenters. The molecule has 5 aromatic rings. The number of rotatable bonds is 9. The van der Waals surface area contributed by atoms with E-state index in [1.54, 1.807) is 18.5 Å². The maximum atomic E-state index is 12.7. The van der Waals surface area contributed by atoms with E-state index in [4.69, 9.17) is 4.74 Å². The molecule has 36 heavy (non-hydrogen) atoms. The van der Waals surface area contributed by atoms with Gasteiger partial charge in [0.1, 0.15) is 25.3 Å². The molecule has 5 rings (SSSR count). The first kappa shape index (κ1) is 23.4. The van der Waals surface area contributed by atoms with Gasteiger partial charge in [0.25, 0.3) is 0 Å². The molecule has 0 radical (unpaired) electrons. The summed E-state index contributed by atoms with van der Waals surface area (Å²) in [6, 6.07) is 25.3. The van der Waals surface area contributed by atoms with E-state index in [1.807, 2.05) is 73.8 Å². The van der Waals surface area contributed by atoms with E-state index in [9.17, 15) is 9.18 Å². The zero-order chi connectivity index (χ0) is 24.9. The molecule has 0 fully saturated rings. The van der Waals surface area contributed by atoms with Crippen LogP contribution in [0.25, 0.3) is 22.2 Å². The Balaban J connectivity index is 1.32. The fourth-order valence-electron chi connectivity index (χ4n) is 4.40. The average Bonchev–Trinajstić information content (AvgIpc) is 3.27. The number of pyridine rings is 2. The highest BCUT2D eigenvalue weighted by atomic mass is 19.1. The largest absolute Gasteiger partial charge is 0.487 e. The third-order valence-electron chi connectivity index (χ3n) is 6.39. The highest BCUT2D eigenvalue weighted by Gasteiger charge is 2.18. The Kier molecular flexibility index (Phi) is 6.85. The van der Waals surface area contributed by atoms with Crippen LogP contribution in [0, 0.1) is 0 Å². The van der Waals surface area contributed by atoms with Crippen LogP contribution in [0.15, 0.2) is 91.3 Å². The summed E-state index contributed by atoms with van der Waals surface area (Å²) in [6.07, 6.45) is 4.91. The van der Waals surface area contributed by atoms with Crippen molar-refractivity contribution in [1.82, 2.24) is 14.5 Å². The SMILES string of the molecule is Cn1c(C(C=O)Cc2ccc(-c3ccc(CF)cn3)cc2)cc2cc(OCc3ccccn3)ccc21. The van der Waals surface area contributed by atoms with Crippen molar-refractivity contribution in [2.24, 2.45) is 7.05 Å². The highest BCUT2D eigenvalue weighted by molar-refractivity contribution is 5.84. The number of aryl methyl sites for hydroxylation is 1. The predicted octanol–water partition coefficient (Wildman–Crippen LogP) is 6.21. The molecule has 0 aliphatic rings. The van der Waals surface area contributed by atoms with Crippen LogP contribution in [0.3, 0.4) is 0 Å². The monoisotopic (exact) mass is 479 g/mol. The van der Waals surface area contributed by atoms with Crippen molar-refractivity contribution in [1.29, 1.82) is 0 Å². The fraction of sp³-hybridized carbons (Fsp3) is 0.167.